The molecule has 3 saturated heterocycles. The van der Waals surface area contributed by atoms with E-state index in [0.29, 0.717) is 5.69 Å². The lowest BCUT2D eigenvalue weighted by Gasteiger charge is -2.50. The zero-order valence-corrected chi connectivity index (χ0v) is 25.6. The van der Waals surface area contributed by atoms with E-state index in [1.165, 1.54) is 24.3 Å². The van der Waals surface area contributed by atoms with Crippen molar-refractivity contribution in [2.24, 2.45) is 0 Å². The molecule has 49 heavy (non-hydrogen) atoms. The minimum atomic E-state index is -2.67. The lowest BCUT2D eigenvalue weighted by Crippen LogP contribution is -2.69. The van der Waals surface area contributed by atoms with Crippen molar-refractivity contribution >= 4 is 11.7 Å². The highest BCUT2D eigenvalue weighted by molar-refractivity contribution is 5.76. The normalized spacial score (nSPS) is 41.8. The van der Waals surface area contributed by atoms with E-state index in [0.717, 1.165) is 0 Å². The highest BCUT2D eigenvalue weighted by Crippen LogP contribution is 2.38. The summed E-state index contributed by atoms with van der Waals surface area (Å²) in [5.41, 5.74) is 5.97. The van der Waals surface area contributed by atoms with Crippen LogP contribution in [-0.2, 0) is 28.5 Å². The number of carbonyl (C=O) groups is 1. The quantitative estimate of drug-likeness (QED) is 0.0844. The molecule has 4 rings (SSSR count). The van der Waals surface area contributed by atoms with Crippen LogP contribution in [0.5, 0.6) is 5.75 Å². The largest absolute Gasteiger partial charge is 0.476 e. The monoisotopic (exact) mass is 713 g/mol. The summed E-state index contributed by atoms with van der Waals surface area (Å²) in [6.07, 6.45) is -32.2. The van der Waals surface area contributed by atoms with Crippen molar-refractivity contribution in [3.8, 4) is 5.75 Å². The van der Waals surface area contributed by atoms with Gasteiger partial charge in [0, 0.05) is 5.69 Å². The van der Waals surface area contributed by atoms with Crippen LogP contribution < -0.4 is 10.5 Å². The minimum absolute atomic E-state index is 0.0697. The highest BCUT2D eigenvalue weighted by Gasteiger charge is 2.59. The smallest absolute Gasteiger partial charge is 0.377 e. The fraction of sp³-hybridized carbons (Fsp3) is 0.750. The van der Waals surface area contributed by atoms with Crippen LogP contribution in [0.15, 0.2) is 24.3 Å². The lowest BCUT2D eigenvalue weighted by atomic mass is 9.91. The molecule has 1 aromatic carbocycles. The molecule has 5 unspecified atom stereocenters. The molecule has 0 bridgehead atoms. The molecule has 3 aliphatic heterocycles. The van der Waals surface area contributed by atoms with Crippen molar-refractivity contribution in [3.63, 3.8) is 0 Å². The Morgan fingerprint density at radius 3 is 1.76 bits per heavy atom. The van der Waals surface area contributed by atoms with Crippen LogP contribution >= 0.6 is 0 Å². The number of aliphatic hydroxyl groups excluding tert-OH is 12. The number of rotatable bonds is 13. The molecule has 0 radical (unpaired) electrons. The summed E-state index contributed by atoms with van der Waals surface area (Å²) < 4.78 is 33.3. The van der Waals surface area contributed by atoms with Gasteiger partial charge in [0.05, 0.1) is 32.3 Å². The van der Waals surface area contributed by atoms with Gasteiger partial charge < -0.3 is 101 Å². The molecule has 3 aliphatic rings. The maximum Gasteiger partial charge on any atom is 0.377 e. The second-order valence-electron chi connectivity index (χ2n) is 11.9. The van der Waals surface area contributed by atoms with Gasteiger partial charge >= 0.3 is 11.8 Å². The number of nitrogens with two attached hydrogens (primary N) is 1. The number of carboxylic acids is 1. The molecule has 21 nitrogen and oxygen atoms in total. The maximum atomic E-state index is 12.4. The fourth-order valence-corrected chi connectivity index (χ4v) is 5.76. The van der Waals surface area contributed by atoms with Crippen LogP contribution in [0.2, 0.25) is 0 Å². The van der Waals surface area contributed by atoms with Gasteiger partial charge in [-0.05, 0) is 24.3 Å². The van der Waals surface area contributed by atoms with Gasteiger partial charge in [-0.1, -0.05) is 0 Å². The Balaban J connectivity index is 1.62. The Morgan fingerprint density at radius 1 is 0.735 bits per heavy atom. The Bertz CT molecular complexity index is 1210. The molecular formula is C28H43NO20. The molecule has 17 atom stereocenters. The molecule has 1 aromatic rings. The van der Waals surface area contributed by atoms with Crippen LogP contribution in [-0.4, -0.2) is 196 Å². The van der Waals surface area contributed by atoms with Gasteiger partial charge in [0.25, 0.3) is 0 Å². The fourth-order valence-electron chi connectivity index (χ4n) is 5.76. The third kappa shape index (κ3) is 8.24. The number of nitrogen functional groups attached to an aromatic ring is 1. The molecule has 21 heteroatoms. The Morgan fingerprint density at radius 2 is 1.22 bits per heavy atom. The summed E-state index contributed by atoms with van der Waals surface area (Å²) in [6.45, 7) is -3.05. The minimum Gasteiger partial charge on any atom is -0.476 e. The summed E-state index contributed by atoms with van der Waals surface area (Å²) in [6, 6.07) is 5.38. The number of benzene rings is 1. The van der Waals surface area contributed by atoms with E-state index in [4.69, 9.17) is 34.2 Å². The molecule has 0 saturated carbocycles. The molecule has 3 fully saturated rings. The van der Waals surface area contributed by atoms with Gasteiger partial charge in [-0.15, -0.1) is 0 Å². The van der Waals surface area contributed by atoms with Crippen LogP contribution in [0.1, 0.15) is 6.42 Å². The van der Waals surface area contributed by atoms with Crippen molar-refractivity contribution < 1.29 is 99.6 Å². The van der Waals surface area contributed by atoms with E-state index in [1.807, 2.05) is 0 Å². The average molecular weight is 714 g/mol. The molecule has 280 valence electrons. The van der Waals surface area contributed by atoms with Crippen LogP contribution in [0.4, 0.5) is 5.69 Å². The van der Waals surface area contributed by atoms with E-state index in [9.17, 15) is 71.2 Å². The second-order valence-corrected chi connectivity index (χ2v) is 11.9. The molecule has 15 N–H and O–H groups in total. The van der Waals surface area contributed by atoms with E-state index in [1.54, 1.807) is 0 Å². The summed E-state index contributed by atoms with van der Waals surface area (Å²) in [4.78, 5) is 12.4. The first kappa shape index (κ1) is 39.4. The first-order valence-electron chi connectivity index (χ1n) is 15.1. The Hall–Kier alpha value is -2.39. The Labute approximate surface area is 277 Å². The summed E-state index contributed by atoms with van der Waals surface area (Å²) in [5, 5.41) is 134. The molecule has 0 spiro atoms. The SMILES string of the molecule is Nc1ccc(O[C@]2(C(=O)O)C[C@@H](O)[C@@H](O[C@H]3OC([C@@H](O)CO)[C@@H](O)[C@H](O[C@H]4O[C@@H]([C@@H](O)CO)[C@@H](O)C(O)C4O)C3O)C([C@H](O)CO)O2)cc1. The highest BCUT2D eigenvalue weighted by atomic mass is 16.8. The molecular weight excluding hydrogens is 670 g/mol. The van der Waals surface area contributed by atoms with Gasteiger partial charge in [0.15, 0.2) is 12.6 Å². The van der Waals surface area contributed by atoms with Crippen LogP contribution in [0.25, 0.3) is 0 Å². The first-order valence-corrected chi connectivity index (χ1v) is 15.1. The number of aliphatic hydroxyl groups is 12. The third-order valence-electron chi connectivity index (χ3n) is 8.46. The van der Waals surface area contributed by atoms with E-state index in [2.05, 4.69) is 0 Å². The molecule has 0 aliphatic carbocycles. The van der Waals surface area contributed by atoms with Gasteiger partial charge in [-0.25, -0.2) is 4.79 Å². The predicted octanol–water partition coefficient (Wildman–Crippen LogP) is -7.34. The molecule has 0 amide bonds. The van der Waals surface area contributed by atoms with Gasteiger partial charge in [0.1, 0.15) is 85.1 Å². The van der Waals surface area contributed by atoms with Crippen LogP contribution in [0, 0.1) is 0 Å². The number of hydrogen-bond acceptors (Lipinski definition) is 20. The van der Waals surface area contributed by atoms with Crippen molar-refractivity contribution in [1.29, 1.82) is 0 Å². The number of hydrogen-bond donors (Lipinski definition) is 14. The number of carboxylic acid groups (broad SMARTS) is 1. The van der Waals surface area contributed by atoms with Crippen molar-refractivity contribution in [2.45, 2.75) is 110 Å². The van der Waals surface area contributed by atoms with Crippen LogP contribution in [0.3, 0.4) is 0 Å². The second kappa shape index (κ2) is 16.3. The summed E-state index contributed by atoms with van der Waals surface area (Å²) in [5.74, 6) is -4.49. The topological polar surface area (TPSA) is 361 Å². The summed E-state index contributed by atoms with van der Waals surface area (Å²) in [7, 11) is 0. The van der Waals surface area contributed by atoms with Crippen molar-refractivity contribution in [2.75, 3.05) is 25.6 Å². The third-order valence-corrected chi connectivity index (χ3v) is 8.46. The number of ether oxygens (including phenoxy) is 6. The van der Waals surface area contributed by atoms with Gasteiger partial charge in [0.2, 0.25) is 0 Å². The zero-order valence-electron chi connectivity index (χ0n) is 25.6. The maximum absolute atomic E-state index is 12.4. The Kier molecular flexibility index (Phi) is 13.1. The zero-order chi connectivity index (χ0) is 36.4. The number of anilines is 1. The first-order chi connectivity index (χ1) is 23.1. The van der Waals surface area contributed by atoms with Gasteiger partial charge in [-0.3, -0.25) is 0 Å². The van der Waals surface area contributed by atoms with E-state index < -0.39 is 136 Å². The van der Waals surface area contributed by atoms with Crippen molar-refractivity contribution in [3.05, 3.63) is 24.3 Å². The summed E-state index contributed by atoms with van der Waals surface area (Å²) >= 11 is 0. The molecule has 3 heterocycles. The molecule has 0 aromatic heterocycles. The lowest BCUT2D eigenvalue weighted by molar-refractivity contribution is -0.385. The van der Waals surface area contributed by atoms with Gasteiger partial charge in [-0.2, -0.15) is 0 Å². The number of aliphatic carboxylic acids is 1. The standard InChI is InChI=1S/C28H43NO20/c29-9-1-3-10(4-2-9)48-28(27(42)43)5-11(33)22(23(49-28)14(36)8-32)46-26-19(41)24(18(40)21(45-26)13(35)7-31)47-25-17(39)15(37)16(38)20(44-25)12(34)6-30/h1-4,11-26,30-41H,5-8,29H2,(H,42,43)/t11-,12+,13+,14-,15?,16+,17?,18-,19?,20+,21?,22-,23?,24+,25-,26-,28-/m1/s1. The van der Waals surface area contributed by atoms with E-state index in [-0.39, 0.29) is 5.75 Å². The predicted molar refractivity (Wildman–Crippen MR) is 154 cm³/mol. The van der Waals surface area contributed by atoms with Crippen molar-refractivity contribution in [1.82, 2.24) is 0 Å². The van der Waals surface area contributed by atoms with E-state index >= 15 is 0 Å². The average Bonchev–Trinajstić information content (AvgIpc) is 3.08.